The van der Waals surface area contributed by atoms with Crippen LogP contribution in [0.1, 0.15) is 38.5 Å². The monoisotopic (exact) mass is 261 g/mol. The lowest BCUT2D eigenvalue weighted by atomic mass is 10.2. The quantitative estimate of drug-likeness (QED) is 0.275. The Morgan fingerprint density at radius 2 is 1.21 bits per heavy atom. The molecule has 0 aromatic carbocycles. The molecule has 0 heterocycles. The van der Waals surface area contributed by atoms with Gasteiger partial charge in [0.25, 0.3) is 0 Å². The number of nitrogens with zero attached hydrogens (tertiary/aromatic N) is 1. The van der Waals surface area contributed by atoms with E-state index in [2.05, 4.69) is 37.5 Å². The SMILES string of the molecule is C=CCCCC=CCN(C=O)CC=CCCCC=C. The molecule has 0 radical (unpaired) electrons. The van der Waals surface area contributed by atoms with Gasteiger partial charge in [0.15, 0.2) is 0 Å². The van der Waals surface area contributed by atoms with E-state index in [1.165, 1.54) is 0 Å². The number of rotatable bonds is 13. The van der Waals surface area contributed by atoms with Gasteiger partial charge in [-0.1, -0.05) is 36.5 Å². The van der Waals surface area contributed by atoms with Gasteiger partial charge < -0.3 is 4.90 Å². The van der Waals surface area contributed by atoms with Gasteiger partial charge in [-0.25, -0.2) is 0 Å². The summed E-state index contributed by atoms with van der Waals surface area (Å²) in [6.07, 6.45) is 19.6. The summed E-state index contributed by atoms with van der Waals surface area (Å²) in [5.41, 5.74) is 0. The number of amides is 1. The van der Waals surface area contributed by atoms with Crippen LogP contribution in [0.25, 0.3) is 0 Å². The third kappa shape index (κ3) is 12.7. The van der Waals surface area contributed by atoms with Crippen LogP contribution in [0.5, 0.6) is 0 Å². The van der Waals surface area contributed by atoms with E-state index in [9.17, 15) is 4.79 Å². The van der Waals surface area contributed by atoms with E-state index in [-0.39, 0.29) is 0 Å². The standard InChI is InChI=1S/C17H27NO/c1-3-5-7-9-11-13-15-18(17-19)16-14-12-10-8-6-4-2/h3-4,11-14,17H,1-2,5-10,15-16H2. The number of carbonyl (C=O) groups is 1. The largest absolute Gasteiger partial charge is 0.338 e. The Morgan fingerprint density at radius 3 is 1.58 bits per heavy atom. The van der Waals surface area contributed by atoms with E-state index in [1.54, 1.807) is 4.90 Å². The molecule has 0 aliphatic rings. The van der Waals surface area contributed by atoms with E-state index in [1.807, 2.05) is 12.2 Å². The van der Waals surface area contributed by atoms with Crippen LogP contribution in [-0.2, 0) is 4.79 Å². The molecule has 0 atom stereocenters. The molecule has 0 fully saturated rings. The minimum absolute atomic E-state index is 0.689. The second-order valence-corrected chi connectivity index (χ2v) is 4.44. The summed E-state index contributed by atoms with van der Waals surface area (Å²) in [6, 6.07) is 0. The first-order chi connectivity index (χ1) is 9.35. The molecule has 2 nitrogen and oxygen atoms in total. The van der Waals surface area contributed by atoms with Gasteiger partial charge in [-0.15, -0.1) is 13.2 Å². The van der Waals surface area contributed by atoms with Crippen LogP contribution in [-0.4, -0.2) is 24.4 Å². The zero-order valence-corrected chi connectivity index (χ0v) is 12.0. The summed E-state index contributed by atoms with van der Waals surface area (Å²) in [6.45, 7) is 8.76. The topological polar surface area (TPSA) is 20.3 Å². The number of carbonyl (C=O) groups excluding carboxylic acids is 1. The molecule has 1 amide bonds. The van der Waals surface area contributed by atoms with Crippen LogP contribution >= 0.6 is 0 Å². The summed E-state index contributed by atoms with van der Waals surface area (Å²) in [5.74, 6) is 0. The maximum atomic E-state index is 10.9. The van der Waals surface area contributed by atoms with Crippen LogP contribution in [0.15, 0.2) is 49.6 Å². The third-order valence-corrected chi connectivity index (χ3v) is 2.72. The van der Waals surface area contributed by atoms with Crippen molar-refractivity contribution >= 4 is 6.41 Å². The smallest absolute Gasteiger partial charge is 0.210 e. The third-order valence-electron chi connectivity index (χ3n) is 2.72. The van der Waals surface area contributed by atoms with Gasteiger partial charge >= 0.3 is 0 Å². The average Bonchev–Trinajstić information content (AvgIpc) is 2.44. The van der Waals surface area contributed by atoms with E-state index < -0.39 is 0 Å². The second-order valence-electron chi connectivity index (χ2n) is 4.44. The Hall–Kier alpha value is -1.57. The van der Waals surface area contributed by atoms with Gasteiger partial charge in [0, 0.05) is 13.1 Å². The zero-order chi connectivity index (χ0) is 14.2. The minimum Gasteiger partial charge on any atom is -0.338 e. The van der Waals surface area contributed by atoms with Crippen molar-refractivity contribution in [3.63, 3.8) is 0 Å². The molecule has 0 N–H and O–H groups in total. The van der Waals surface area contributed by atoms with Crippen molar-refractivity contribution in [3.8, 4) is 0 Å². The summed E-state index contributed by atoms with van der Waals surface area (Å²) in [5, 5.41) is 0. The van der Waals surface area contributed by atoms with E-state index in [0.717, 1.165) is 44.9 Å². The van der Waals surface area contributed by atoms with Crippen molar-refractivity contribution in [2.75, 3.05) is 13.1 Å². The number of allylic oxidation sites excluding steroid dienone is 4. The van der Waals surface area contributed by atoms with Gasteiger partial charge in [-0.05, 0) is 38.5 Å². The van der Waals surface area contributed by atoms with Crippen molar-refractivity contribution in [2.45, 2.75) is 38.5 Å². The number of unbranched alkanes of at least 4 members (excludes halogenated alkanes) is 4. The fourth-order valence-electron chi connectivity index (χ4n) is 1.58. The molecule has 0 rings (SSSR count). The van der Waals surface area contributed by atoms with Gasteiger partial charge in [0.1, 0.15) is 0 Å². The second kappa shape index (κ2) is 14.5. The molecular formula is C17H27NO. The lowest BCUT2D eigenvalue weighted by Gasteiger charge is -2.11. The van der Waals surface area contributed by atoms with Crippen LogP contribution < -0.4 is 0 Å². The van der Waals surface area contributed by atoms with Crippen molar-refractivity contribution in [1.29, 1.82) is 0 Å². The van der Waals surface area contributed by atoms with Gasteiger partial charge in [0.05, 0.1) is 0 Å². The lowest BCUT2D eigenvalue weighted by molar-refractivity contribution is -0.117. The van der Waals surface area contributed by atoms with Crippen LogP contribution in [0.3, 0.4) is 0 Å². The van der Waals surface area contributed by atoms with Crippen molar-refractivity contribution in [3.05, 3.63) is 49.6 Å². The van der Waals surface area contributed by atoms with Crippen molar-refractivity contribution in [2.24, 2.45) is 0 Å². The van der Waals surface area contributed by atoms with Crippen LogP contribution in [0, 0.1) is 0 Å². The van der Waals surface area contributed by atoms with Crippen LogP contribution in [0.4, 0.5) is 0 Å². The molecule has 0 spiro atoms. The Bertz CT molecular complexity index is 266. The van der Waals surface area contributed by atoms with E-state index >= 15 is 0 Å². The van der Waals surface area contributed by atoms with Crippen molar-refractivity contribution in [1.82, 2.24) is 4.90 Å². The maximum absolute atomic E-state index is 10.9. The Balaban J connectivity index is 3.67. The summed E-state index contributed by atoms with van der Waals surface area (Å²) < 4.78 is 0. The van der Waals surface area contributed by atoms with Crippen molar-refractivity contribution < 1.29 is 4.79 Å². The normalized spacial score (nSPS) is 10.9. The molecule has 0 saturated carbocycles. The minimum atomic E-state index is 0.689. The Morgan fingerprint density at radius 1 is 0.737 bits per heavy atom. The fraction of sp³-hybridized carbons (Fsp3) is 0.471. The lowest BCUT2D eigenvalue weighted by Crippen LogP contribution is -2.21. The molecule has 19 heavy (non-hydrogen) atoms. The molecule has 106 valence electrons. The zero-order valence-electron chi connectivity index (χ0n) is 12.0. The highest BCUT2D eigenvalue weighted by atomic mass is 16.1. The maximum Gasteiger partial charge on any atom is 0.210 e. The molecule has 0 aromatic rings. The summed E-state index contributed by atoms with van der Waals surface area (Å²) >= 11 is 0. The predicted molar refractivity (Wildman–Crippen MR) is 84.0 cm³/mol. The first kappa shape index (κ1) is 17.4. The molecule has 0 bridgehead atoms. The molecule has 0 aliphatic heterocycles. The fourth-order valence-corrected chi connectivity index (χ4v) is 1.58. The van der Waals surface area contributed by atoms with Gasteiger partial charge in [0.2, 0.25) is 6.41 Å². The first-order valence-electron chi connectivity index (χ1n) is 7.06. The van der Waals surface area contributed by atoms with Gasteiger partial charge in [-0.3, -0.25) is 4.79 Å². The Kier molecular flexibility index (Phi) is 13.3. The summed E-state index contributed by atoms with van der Waals surface area (Å²) in [7, 11) is 0. The molecule has 0 saturated heterocycles. The predicted octanol–water partition coefficient (Wildman–Crippen LogP) is 4.27. The highest BCUT2D eigenvalue weighted by Gasteiger charge is 1.94. The summed E-state index contributed by atoms with van der Waals surface area (Å²) in [4.78, 5) is 12.6. The highest BCUT2D eigenvalue weighted by molar-refractivity contribution is 5.47. The highest BCUT2D eigenvalue weighted by Crippen LogP contribution is 1.98. The Labute approximate surface area is 118 Å². The molecule has 0 unspecified atom stereocenters. The molecular weight excluding hydrogens is 234 g/mol. The van der Waals surface area contributed by atoms with Crippen LogP contribution in [0.2, 0.25) is 0 Å². The molecule has 2 heteroatoms. The molecule has 0 aromatic heterocycles. The molecule has 0 aliphatic carbocycles. The average molecular weight is 261 g/mol. The number of hydrogen-bond acceptors (Lipinski definition) is 1. The number of hydrogen-bond donors (Lipinski definition) is 0. The van der Waals surface area contributed by atoms with E-state index in [4.69, 9.17) is 0 Å². The first-order valence-corrected chi connectivity index (χ1v) is 7.06. The van der Waals surface area contributed by atoms with Gasteiger partial charge in [-0.2, -0.15) is 0 Å². The van der Waals surface area contributed by atoms with E-state index in [0.29, 0.717) is 13.1 Å².